The molecule has 2 N–H and O–H groups in total. The van der Waals surface area contributed by atoms with E-state index in [1.165, 1.54) is 0 Å². The molecule has 1 aromatic rings. The molecular weight excluding hydrogens is 154 g/mol. The normalized spacial score (nSPS) is 13.2. The van der Waals surface area contributed by atoms with Crippen LogP contribution in [-0.4, -0.2) is 23.5 Å². The van der Waals surface area contributed by atoms with Gasteiger partial charge >= 0.3 is 0 Å². The lowest BCUT2D eigenvalue weighted by atomic mass is 10.3. The number of hydrogen-bond acceptors (Lipinski definition) is 3. The van der Waals surface area contributed by atoms with Gasteiger partial charge in [-0.2, -0.15) is 5.10 Å². The number of ether oxygens (including phenoxy) is 1. The molecule has 0 spiro atoms. The molecule has 1 unspecified atom stereocenters. The van der Waals surface area contributed by atoms with E-state index in [1.54, 1.807) is 7.11 Å². The van der Waals surface area contributed by atoms with Crippen LogP contribution in [0.25, 0.3) is 0 Å². The molecule has 12 heavy (non-hydrogen) atoms. The molecule has 0 saturated carbocycles. The van der Waals surface area contributed by atoms with E-state index in [0.29, 0.717) is 12.4 Å². The highest BCUT2D eigenvalue weighted by atomic mass is 16.5. The molecule has 4 nitrogen and oxygen atoms in total. The smallest absolute Gasteiger partial charge is 0.145 e. The van der Waals surface area contributed by atoms with Crippen molar-refractivity contribution < 1.29 is 4.74 Å². The van der Waals surface area contributed by atoms with Gasteiger partial charge in [0.05, 0.1) is 12.6 Å². The first-order valence-corrected chi connectivity index (χ1v) is 3.95. The Hall–Kier alpha value is -1.03. The molecule has 1 rings (SSSR count). The molecular formula is C8H15N3O. The maximum Gasteiger partial charge on any atom is 0.145 e. The van der Waals surface area contributed by atoms with E-state index >= 15 is 0 Å². The summed E-state index contributed by atoms with van der Waals surface area (Å²) in [5, 5.41) is 4.14. The highest BCUT2D eigenvalue weighted by Crippen LogP contribution is 2.11. The van der Waals surface area contributed by atoms with E-state index in [1.807, 2.05) is 24.6 Å². The van der Waals surface area contributed by atoms with Crippen molar-refractivity contribution in [3.05, 3.63) is 11.8 Å². The minimum atomic E-state index is 0.243. The fourth-order valence-corrected chi connectivity index (χ4v) is 1.27. The van der Waals surface area contributed by atoms with E-state index in [2.05, 4.69) is 5.10 Å². The number of hydrogen-bond donors (Lipinski definition) is 1. The first-order chi connectivity index (χ1) is 5.65. The first kappa shape index (κ1) is 9.06. The zero-order chi connectivity index (χ0) is 9.14. The van der Waals surface area contributed by atoms with E-state index in [4.69, 9.17) is 10.5 Å². The van der Waals surface area contributed by atoms with Crippen LogP contribution >= 0.6 is 0 Å². The van der Waals surface area contributed by atoms with Gasteiger partial charge in [-0.15, -0.1) is 0 Å². The predicted molar refractivity (Wildman–Crippen MR) is 48.0 cm³/mol. The second-order valence-corrected chi connectivity index (χ2v) is 2.96. The fourth-order valence-electron chi connectivity index (χ4n) is 1.27. The van der Waals surface area contributed by atoms with E-state index in [0.717, 1.165) is 5.69 Å². The van der Waals surface area contributed by atoms with Gasteiger partial charge in [-0.25, -0.2) is 0 Å². The van der Waals surface area contributed by atoms with Crippen molar-refractivity contribution in [1.82, 2.24) is 9.78 Å². The van der Waals surface area contributed by atoms with Crippen LogP contribution in [0.15, 0.2) is 6.07 Å². The number of anilines is 1. The Bertz CT molecular complexity index is 257. The number of nitrogens with zero attached hydrogens (tertiary/aromatic N) is 2. The van der Waals surface area contributed by atoms with Crippen molar-refractivity contribution in [2.45, 2.75) is 19.9 Å². The van der Waals surface area contributed by atoms with Crippen molar-refractivity contribution in [2.24, 2.45) is 0 Å². The van der Waals surface area contributed by atoms with Crippen LogP contribution in [0.4, 0.5) is 5.82 Å². The molecule has 0 bridgehead atoms. The Morgan fingerprint density at radius 3 is 2.83 bits per heavy atom. The van der Waals surface area contributed by atoms with Crippen molar-refractivity contribution in [1.29, 1.82) is 0 Å². The Balaban J connectivity index is 2.79. The van der Waals surface area contributed by atoms with Gasteiger partial charge in [0.25, 0.3) is 0 Å². The second-order valence-electron chi connectivity index (χ2n) is 2.96. The third kappa shape index (κ3) is 1.76. The summed E-state index contributed by atoms with van der Waals surface area (Å²) in [6.45, 7) is 4.68. The zero-order valence-electron chi connectivity index (χ0n) is 7.74. The molecule has 0 aliphatic rings. The van der Waals surface area contributed by atoms with Gasteiger partial charge < -0.3 is 10.5 Å². The Labute approximate surface area is 72.3 Å². The van der Waals surface area contributed by atoms with Gasteiger partial charge in [0.2, 0.25) is 0 Å². The molecule has 1 heterocycles. The molecule has 4 heteroatoms. The summed E-state index contributed by atoms with van der Waals surface area (Å²) in [6, 6.07) is 2.10. The highest BCUT2D eigenvalue weighted by Gasteiger charge is 2.08. The van der Waals surface area contributed by atoms with Gasteiger partial charge in [-0.05, 0) is 13.8 Å². The summed E-state index contributed by atoms with van der Waals surface area (Å²) < 4.78 is 6.89. The molecule has 68 valence electrons. The van der Waals surface area contributed by atoms with Gasteiger partial charge in [-0.3, -0.25) is 4.68 Å². The summed E-state index contributed by atoms with van der Waals surface area (Å²) in [4.78, 5) is 0. The SMILES string of the molecule is COCC(C)n1nc(N)cc1C. The average molecular weight is 169 g/mol. The Kier molecular flexibility index (Phi) is 2.70. The molecule has 1 atom stereocenters. The van der Waals surface area contributed by atoms with E-state index in [-0.39, 0.29) is 6.04 Å². The van der Waals surface area contributed by atoms with Crippen LogP contribution in [0, 0.1) is 6.92 Å². The van der Waals surface area contributed by atoms with Crippen molar-refractivity contribution in [2.75, 3.05) is 19.5 Å². The standard InChI is InChI=1S/C8H15N3O/c1-6-4-8(9)10-11(6)7(2)5-12-3/h4,7H,5H2,1-3H3,(H2,9,10). The quantitative estimate of drug-likeness (QED) is 0.733. The number of aryl methyl sites for hydroxylation is 1. The van der Waals surface area contributed by atoms with Crippen LogP contribution in [0.5, 0.6) is 0 Å². The van der Waals surface area contributed by atoms with E-state index < -0.39 is 0 Å². The fraction of sp³-hybridized carbons (Fsp3) is 0.625. The van der Waals surface area contributed by atoms with Crippen LogP contribution in [-0.2, 0) is 4.74 Å². The predicted octanol–water partition coefficient (Wildman–Crippen LogP) is 0.981. The molecule has 0 amide bonds. The van der Waals surface area contributed by atoms with Crippen molar-refractivity contribution >= 4 is 5.82 Å². The summed E-state index contributed by atoms with van der Waals surface area (Å²) in [5.41, 5.74) is 6.61. The number of rotatable bonds is 3. The second kappa shape index (κ2) is 3.58. The Morgan fingerprint density at radius 1 is 1.75 bits per heavy atom. The summed E-state index contributed by atoms with van der Waals surface area (Å²) >= 11 is 0. The largest absolute Gasteiger partial charge is 0.382 e. The minimum absolute atomic E-state index is 0.243. The summed E-state index contributed by atoms with van der Waals surface area (Å²) in [7, 11) is 1.68. The first-order valence-electron chi connectivity index (χ1n) is 3.95. The molecule has 0 fully saturated rings. The monoisotopic (exact) mass is 169 g/mol. The van der Waals surface area contributed by atoms with Crippen molar-refractivity contribution in [3.63, 3.8) is 0 Å². The number of nitrogen functional groups attached to an aromatic ring is 1. The number of nitrogens with two attached hydrogens (primary N) is 1. The molecule has 0 aliphatic carbocycles. The van der Waals surface area contributed by atoms with Gasteiger partial charge in [-0.1, -0.05) is 0 Å². The van der Waals surface area contributed by atoms with Crippen LogP contribution < -0.4 is 5.73 Å². The maximum absolute atomic E-state index is 5.54. The third-order valence-corrected chi connectivity index (χ3v) is 1.77. The lowest BCUT2D eigenvalue weighted by Gasteiger charge is -2.12. The minimum Gasteiger partial charge on any atom is -0.382 e. The van der Waals surface area contributed by atoms with E-state index in [9.17, 15) is 0 Å². The number of aromatic nitrogens is 2. The van der Waals surface area contributed by atoms with Crippen molar-refractivity contribution in [3.8, 4) is 0 Å². The van der Waals surface area contributed by atoms with Crippen LogP contribution in [0.2, 0.25) is 0 Å². The lowest BCUT2D eigenvalue weighted by molar-refractivity contribution is 0.156. The number of methoxy groups -OCH3 is 1. The van der Waals surface area contributed by atoms with Gasteiger partial charge in [0, 0.05) is 18.9 Å². The molecule has 0 aromatic carbocycles. The molecule has 0 saturated heterocycles. The van der Waals surface area contributed by atoms with Gasteiger partial charge in [0.15, 0.2) is 0 Å². The topological polar surface area (TPSA) is 53.1 Å². The van der Waals surface area contributed by atoms with Gasteiger partial charge in [0.1, 0.15) is 5.82 Å². The van der Waals surface area contributed by atoms with Crippen LogP contribution in [0.1, 0.15) is 18.7 Å². The zero-order valence-corrected chi connectivity index (χ0v) is 7.74. The molecule has 1 aromatic heterocycles. The average Bonchev–Trinajstić information content (AvgIpc) is 2.30. The summed E-state index contributed by atoms with van der Waals surface area (Å²) in [6.07, 6.45) is 0. The maximum atomic E-state index is 5.54. The molecule has 0 radical (unpaired) electrons. The Morgan fingerprint density at radius 2 is 2.42 bits per heavy atom. The van der Waals surface area contributed by atoms with Crippen LogP contribution in [0.3, 0.4) is 0 Å². The summed E-state index contributed by atoms with van der Waals surface area (Å²) in [5.74, 6) is 0.565. The molecule has 0 aliphatic heterocycles. The highest BCUT2D eigenvalue weighted by molar-refractivity contribution is 5.28. The lowest BCUT2D eigenvalue weighted by Crippen LogP contribution is -2.13. The third-order valence-electron chi connectivity index (χ3n) is 1.77.